The van der Waals surface area contributed by atoms with Gasteiger partial charge in [-0.25, -0.2) is 4.79 Å². The summed E-state index contributed by atoms with van der Waals surface area (Å²) in [6.07, 6.45) is -0.920. The normalized spacial score (nSPS) is 11.6. The number of anilines is 1. The molecule has 0 aliphatic heterocycles. The molecule has 1 unspecified atom stereocenters. The maximum absolute atomic E-state index is 12.1. The third-order valence-corrected chi connectivity index (χ3v) is 4.26. The SMILES string of the molecule is CC(=O)c1ccc(NC(=O)C(C)OC(=O)c2sccc2C)cc1. The molecule has 0 radical (unpaired) electrons. The minimum Gasteiger partial charge on any atom is -0.448 e. The van der Waals surface area contributed by atoms with Gasteiger partial charge < -0.3 is 10.1 Å². The van der Waals surface area contributed by atoms with Crippen LogP contribution in [0.4, 0.5) is 5.69 Å². The third kappa shape index (κ3) is 4.26. The highest BCUT2D eigenvalue weighted by Crippen LogP contribution is 2.18. The number of ketones is 1. The van der Waals surface area contributed by atoms with Crippen LogP contribution in [0.25, 0.3) is 0 Å². The van der Waals surface area contributed by atoms with Crippen LogP contribution in [0.2, 0.25) is 0 Å². The first-order valence-corrected chi connectivity index (χ1v) is 7.93. The summed E-state index contributed by atoms with van der Waals surface area (Å²) in [7, 11) is 0. The molecule has 23 heavy (non-hydrogen) atoms. The molecule has 2 aromatic rings. The van der Waals surface area contributed by atoms with Gasteiger partial charge in [0.05, 0.1) is 0 Å². The zero-order valence-corrected chi connectivity index (χ0v) is 13.9. The molecule has 0 spiro atoms. The van der Waals surface area contributed by atoms with Crippen LogP contribution in [0.3, 0.4) is 0 Å². The number of rotatable bonds is 5. The Labute approximate surface area is 138 Å². The van der Waals surface area contributed by atoms with Gasteiger partial charge in [-0.15, -0.1) is 11.3 Å². The van der Waals surface area contributed by atoms with E-state index in [0.717, 1.165) is 5.56 Å². The number of carbonyl (C=O) groups excluding carboxylic acids is 3. The summed E-state index contributed by atoms with van der Waals surface area (Å²) in [4.78, 5) is 35.8. The molecule has 1 amide bonds. The number of thiophene rings is 1. The number of Topliss-reactive ketones (excluding diaryl/α,β-unsaturated/α-hetero) is 1. The summed E-state index contributed by atoms with van der Waals surface area (Å²) in [6, 6.07) is 8.34. The lowest BCUT2D eigenvalue weighted by Crippen LogP contribution is -2.29. The second-order valence-corrected chi connectivity index (χ2v) is 6.02. The van der Waals surface area contributed by atoms with E-state index in [4.69, 9.17) is 4.74 Å². The van der Waals surface area contributed by atoms with Crippen molar-refractivity contribution in [3.8, 4) is 0 Å². The molecule has 1 heterocycles. The zero-order valence-electron chi connectivity index (χ0n) is 13.1. The minimum atomic E-state index is -0.920. The van der Waals surface area contributed by atoms with Crippen molar-refractivity contribution in [2.45, 2.75) is 26.9 Å². The van der Waals surface area contributed by atoms with Gasteiger partial charge in [-0.1, -0.05) is 0 Å². The van der Waals surface area contributed by atoms with Crippen molar-refractivity contribution in [2.24, 2.45) is 0 Å². The van der Waals surface area contributed by atoms with Gasteiger partial charge in [0.1, 0.15) is 4.88 Å². The van der Waals surface area contributed by atoms with Crippen LogP contribution in [0, 0.1) is 6.92 Å². The Morgan fingerprint density at radius 3 is 2.30 bits per heavy atom. The monoisotopic (exact) mass is 331 g/mol. The number of hydrogen-bond acceptors (Lipinski definition) is 5. The number of amides is 1. The Kier molecular flexibility index (Phi) is 5.28. The molecule has 5 nitrogen and oxygen atoms in total. The second-order valence-electron chi connectivity index (χ2n) is 5.10. The van der Waals surface area contributed by atoms with Crippen molar-refractivity contribution in [1.82, 2.24) is 0 Å². The molecule has 0 bridgehead atoms. The number of nitrogens with one attached hydrogen (secondary N) is 1. The first kappa shape index (κ1) is 16.9. The lowest BCUT2D eigenvalue weighted by Gasteiger charge is -2.13. The Morgan fingerprint density at radius 2 is 1.78 bits per heavy atom. The van der Waals surface area contributed by atoms with Crippen molar-refractivity contribution < 1.29 is 19.1 Å². The van der Waals surface area contributed by atoms with Crippen molar-refractivity contribution in [3.63, 3.8) is 0 Å². The molecule has 0 aliphatic rings. The van der Waals surface area contributed by atoms with Crippen molar-refractivity contribution >= 4 is 34.7 Å². The highest BCUT2D eigenvalue weighted by atomic mass is 32.1. The predicted octanol–water partition coefficient (Wildman–Crippen LogP) is 3.44. The van der Waals surface area contributed by atoms with E-state index in [1.807, 2.05) is 13.0 Å². The van der Waals surface area contributed by atoms with Crippen LogP contribution < -0.4 is 5.32 Å². The highest BCUT2D eigenvalue weighted by molar-refractivity contribution is 7.12. The molecule has 1 aromatic carbocycles. The predicted molar refractivity (Wildman–Crippen MR) is 89.0 cm³/mol. The van der Waals surface area contributed by atoms with Crippen molar-refractivity contribution in [3.05, 3.63) is 51.7 Å². The van der Waals surface area contributed by atoms with E-state index < -0.39 is 18.0 Å². The van der Waals surface area contributed by atoms with Crippen LogP contribution in [-0.4, -0.2) is 23.8 Å². The first-order chi connectivity index (χ1) is 10.9. The summed E-state index contributed by atoms with van der Waals surface area (Å²) in [5.41, 5.74) is 1.93. The number of benzene rings is 1. The fourth-order valence-corrected chi connectivity index (χ4v) is 2.69. The van der Waals surface area contributed by atoms with Gasteiger partial charge in [0.2, 0.25) is 0 Å². The number of ether oxygens (including phenoxy) is 1. The van der Waals surface area contributed by atoms with Crippen molar-refractivity contribution in [2.75, 3.05) is 5.32 Å². The highest BCUT2D eigenvalue weighted by Gasteiger charge is 2.20. The maximum atomic E-state index is 12.1. The Balaban J connectivity index is 1.96. The van der Waals surface area contributed by atoms with Crippen LogP contribution in [0.15, 0.2) is 35.7 Å². The molecule has 0 aliphatic carbocycles. The van der Waals surface area contributed by atoms with Gasteiger partial charge in [-0.2, -0.15) is 0 Å². The van der Waals surface area contributed by atoms with Gasteiger partial charge >= 0.3 is 5.97 Å². The molecule has 0 saturated carbocycles. The van der Waals surface area contributed by atoms with E-state index in [-0.39, 0.29) is 5.78 Å². The second kappa shape index (κ2) is 7.19. The summed E-state index contributed by atoms with van der Waals surface area (Å²) >= 11 is 1.28. The summed E-state index contributed by atoms with van der Waals surface area (Å²) in [5.74, 6) is -0.980. The van der Waals surface area contributed by atoms with Crippen LogP contribution in [0.5, 0.6) is 0 Å². The topological polar surface area (TPSA) is 72.5 Å². The van der Waals surface area contributed by atoms with Crippen molar-refractivity contribution in [1.29, 1.82) is 0 Å². The Hall–Kier alpha value is -2.47. The largest absolute Gasteiger partial charge is 0.448 e. The lowest BCUT2D eigenvalue weighted by atomic mass is 10.1. The standard InChI is InChI=1S/C17H17NO4S/c1-10-8-9-23-15(10)17(21)22-12(3)16(20)18-14-6-4-13(5-7-14)11(2)19/h4-9,12H,1-3H3,(H,18,20). The van der Waals surface area contributed by atoms with Gasteiger partial charge in [0.25, 0.3) is 5.91 Å². The van der Waals surface area contributed by atoms with Gasteiger partial charge in [-0.05, 0) is 62.0 Å². The van der Waals surface area contributed by atoms with Gasteiger partial charge in [0.15, 0.2) is 11.9 Å². The maximum Gasteiger partial charge on any atom is 0.349 e. The quantitative estimate of drug-likeness (QED) is 0.673. The van der Waals surface area contributed by atoms with E-state index in [1.165, 1.54) is 25.2 Å². The zero-order chi connectivity index (χ0) is 17.0. The molecule has 0 saturated heterocycles. The van der Waals surface area contributed by atoms with Crippen LogP contribution in [-0.2, 0) is 9.53 Å². The summed E-state index contributed by atoms with van der Waals surface area (Å²) in [6.45, 7) is 4.80. The molecular weight excluding hydrogens is 314 g/mol. The van der Waals surface area contributed by atoms with Gasteiger partial charge in [-0.3, -0.25) is 9.59 Å². The molecule has 2 rings (SSSR count). The minimum absolute atomic E-state index is 0.0449. The average Bonchev–Trinajstić information content (AvgIpc) is 2.93. The summed E-state index contributed by atoms with van der Waals surface area (Å²) in [5, 5.41) is 4.45. The molecule has 1 aromatic heterocycles. The first-order valence-electron chi connectivity index (χ1n) is 7.05. The van der Waals surface area contributed by atoms with E-state index in [1.54, 1.807) is 29.6 Å². The number of esters is 1. The Morgan fingerprint density at radius 1 is 1.13 bits per heavy atom. The smallest absolute Gasteiger partial charge is 0.349 e. The number of hydrogen-bond donors (Lipinski definition) is 1. The molecule has 120 valence electrons. The molecular formula is C17H17NO4S. The van der Waals surface area contributed by atoms with E-state index >= 15 is 0 Å². The average molecular weight is 331 g/mol. The van der Waals surface area contributed by atoms with E-state index in [2.05, 4.69) is 5.32 Å². The van der Waals surface area contributed by atoms with E-state index in [0.29, 0.717) is 16.1 Å². The molecule has 1 N–H and O–H groups in total. The van der Waals surface area contributed by atoms with Gasteiger partial charge in [0, 0.05) is 11.3 Å². The molecule has 6 heteroatoms. The van der Waals surface area contributed by atoms with Crippen LogP contribution in [0.1, 0.15) is 39.4 Å². The fraction of sp³-hybridized carbons (Fsp3) is 0.235. The molecule has 1 atom stereocenters. The summed E-state index contributed by atoms with van der Waals surface area (Å²) < 4.78 is 5.18. The third-order valence-electron chi connectivity index (χ3n) is 3.26. The Bertz CT molecular complexity index is 733. The number of aryl methyl sites for hydroxylation is 1. The number of carbonyl (C=O) groups is 3. The van der Waals surface area contributed by atoms with Crippen LogP contribution >= 0.6 is 11.3 Å². The lowest BCUT2D eigenvalue weighted by molar-refractivity contribution is -0.123. The molecule has 0 fully saturated rings. The van der Waals surface area contributed by atoms with E-state index in [9.17, 15) is 14.4 Å². The fourth-order valence-electron chi connectivity index (χ4n) is 1.88.